The Morgan fingerprint density at radius 1 is 1.28 bits per heavy atom. The van der Waals surface area contributed by atoms with Gasteiger partial charge in [-0.3, -0.25) is 25.0 Å². The van der Waals surface area contributed by atoms with E-state index in [0.29, 0.717) is 0 Å². The second kappa shape index (κ2) is 5.57. The largest absolute Gasteiger partial charge is 0.371 e. The van der Waals surface area contributed by atoms with E-state index in [4.69, 9.17) is 0 Å². The number of benzene rings is 1. The third-order valence-electron chi connectivity index (χ3n) is 2.11. The lowest BCUT2D eigenvalue weighted by Gasteiger charge is -2.05. The first-order valence-corrected chi connectivity index (χ1v) is 4.83. The van der Waals surface area contributed by atoms with Gasteiger partial charge < -0.3 is 10.6 Å². The number of hydrogen-bond acceptors (Lipinski definition) is 6. The van der Waals surface area contributed by atoms with Gasteiger partial charge in [0.2, 0.25) is 5.91 Å². The molecule has 18 heavy (non-hydrogen) atoms. The number of rotatable bonds is 5. The molecule has 96 valence electrons. The molecule has 0 atom stereocenters. The molecule has 1 amide bonds. The minimum absolute atomic E-state index is 0.0502. The van der Waals surface area contributed by atoms with Crippen molar-refractivity contribution in [2.45, 2.75) is 0 Å². The molecule has 1 aromatic carbocycles. The molecule has 0 heterocycles. The van der Waals surface area contributed by atoms with Crippen molar-refractivity contribution >= 4 is 23.0 Å². The Bertz CT molecular complexity index is 502. The third kappa shape index (κ3) is 3.14. The Labute approximate surface area is 101 Å². The van der Waals surface area contributed by atoms with E-state index < -0.39 is 15.5 Å². The predicted molar refractivity (Wildman–Crippen MR) is 62.3 cm³/mol. The number of anilines is 1. The molecule has 9 nitrogen and oxygen atoms in total. The highest BCUT2D eigenvalue weighted by atomic mass is 16.6. The molecular formula is C9H10N4O5. The van der Waals surface area contributed by atoms with Crippen LogP contribution in [0.5, 0.6) is 0 Å². The number of nitrogens with one attached hydrogen (secondary N) is 2. The van der Waals surface area contributed by atoms with Gasteiger partial charge in [0, 0.05) is 13.1 Å². The molecule has 9 heteroatoms. The van der Waals surface area contributed by atoms with E-state index in [1.165, 1.54) is 13.1 Å². The highest BCUT2D eigenvalue weighted by Gasteiger charge is 2.19. The Morgan fingerprint density at radius 2 is 1.94 bits per heavy atom. The maximum Gasteiger partial charge on any atom is 0.299 e. The van der Waals surface area contributed by atoms with Crippen molar-refractivity contribution in [1.29, 1.82) is 0 Å². The molecule has 2 N–H and O–H groups in total. The van der Waals surface area contributed by atoms with Crippen LogP contribution in [0.1, 0.15) is 0 Å². The van der Waals surface area contributed by atoms with Crippen molar-refractivity contribution in [3.63, 3.8) is 0 Å². The van der Waals surface area contributed by atoms with E-state index >= 15 is 0 Å². The van der Waals surface area contributed by atoms with Crippen molar-refractivity contribution < 1.29 is 14.6 Å². The number of nitro groups is 2. The zero-order valence-electron chi connectivity index (χ0n) is 9.37. The van der Waals surface area contributed by atoms with Crippen molar-refractivity contribution in [2.75, 3.05) is 18.9 Å². The second-order valence-electron chi connectivity index (χ2n) is 3.24. The fourth-order valence-electron chi connectivity index (χ4n) is 1.20. The predicted octanol–water partition coefficient (Wildman–Crippen LogP) is 0.661. The second-order valence-corrected chi connectivity index (χ2v) is 3.24. The first kappa shape index (κ1) is 13.4. The zero-order chi connectivity index (χ0) is 13.7. The maximum absolute atomic E-state index is 11.0. The minimum atomic E-state index is -0.751. The van der Waals surface area contributed by atoms with Gasteiger partial charge in [-0.15, -0.1) is 0 Å². The fourth-order valence-corrected chi connectivity index (χ4v) is 1.20. The quantitative estimate of drug-likeness (QED) is 0.586. The Balaban J connectivity index is 3.00. The molecule has 0 aromatic heterocycles. The molecule has 1 rings (SSSR count). The van der Waals surface area contributed by atoms with Gasteiger partial charge in [0.15, 0.2) is 0 Å². The normalized spacial score (nSPS) is 9.61. The van der Waals surface area contributed by atoms with E-state index in [1.807, 2.05) is 0 Å². The topological polar surface area (TPSA) is 127 Å². The van der Waals surface area contributed by atoms with E-state index in [1.54, 1.807) is 0 Å². The number of nitrogens with zero attached hydrogens (tertiary/aromatic N) is 2. The smallest absolute Gasteiger partial charge is 0.299 e. The molecule has 0 aliphatic heterocycles. The van der Waals surface area contributed by atoms with E-state index in [9.17, 15) is 25.0 Å². The number of carbonyl (C=O) groups is 1. The van der Waals surface area contributed by atoms with Crippen LogP contribution >= 0.6 is 0 Å². The lowest BCUT2D eigenvalue weighted by Crippen LogP contribution is -2.26. The summed E-state index contributed by atoms with van der Waals surface area (Å²) >= 11 is 0. The molecule has 0 spiro atoms. The zero-order valence-corrected chi connectivity index (χ0v) is 9.37. The molecule has 0 saturated carbocycles. The number of non-ortho nitro benzene ring substituents is 1. The number of hydrogen-bond donors (Lipinski definition) is 2. The summed E-state index contributed by atoms with van der Waals surface area (Å²) in [7, 11) is 1.42. The van der Waals surface area contributed by atoms with Crippen LogP contribution in [0.25, 0.3) is 0 Å². The molecular weight excluding hydrogens is 244 g/mol. The van der Waals surface area contributed by atoms with Crippen molar-refractivity contribution in [3.05, 3.63) is 38.4 Å². The summed E-state index contributed by atoms with van der Waals surface area (Å²) < 4.78 is 0. The van der Waals surface area contributed by atoms with Crippen LogP contribution in [-0.2, 0) is 4.79 Å². The highest BCUT2D eigenvalue weighted by Crippen LogP contribution is 2.28. The summed E-state index contributed by atoms with van der Waals surface area (Å²) in [6, 6.07) is 3.16. The molecule has 0 fully saturated rings. The summed E-state index contributed by atoms with van der Waals surface area (Å²) in [5.74, 6) is -0.359. The van der Waals surface area contributed by atoms with Gasteiger partial charge in [0.1, 0.15) is 5.69 Å². The maximum atomic E-state index is 11.0. The van der Waals surface area contributed by atoms with Gasteiger partial charge in [0.05, 0.1) is 22.5 Å². The number of likely N-dealkylation sites (N-methyl/N-ethyl adjacent to an activating group) is 1. The van der Waals surface area contributed by atoms with E-state index in [2.05, 4.69) is 10.6 Å². The van der Waals surface area contributed by atoms with E-state index in [0.717, 1.165) is 12.1 Å². The van der Waals surface area contributed by atoms with Crippen LogP contribution in [0, 0.1) is 20.2 Å². The lowest BCUT2D eigenvalue weighted by molar-refractivity contribution is -0.393. The van der Waals surface area contributed by atoms with Crippen LogP contribution < -0.4 is 10.6 Å². The number of carbonyl (C=O) groups excluding carboxylic acids is 1. The van der Waals surface area contributed by atoms with Gasteiger partial charge in [-0.1, -0.05) is 0 Å². The van der Waals surface area contributed by atoms with Gasteiger partial charge >= 0.3 is 0 Å². The van der Waals surface area contributed by atoms with Crippen molar-refractivity contribution in [3.8, 4) is 0 Å². The summed E-state index contributed by atoms with van der Waals surface area (Å²) in [5.41, 5.74) is -0.783. The molecule has 0 bridgehead atoms. The molecule has 0 saturated heterocycles. The molecule has 0 aliphatic rings. The monoisotopic (exact) mass is 254 g/mol. The van der Waals surface area contributed by atoms with Gasteiger partial charge in [-0.2, -0.15) is 0 Å². The molecule has 0 radical (unpaired) electrons. The molecule has 0 aliphatic carbocycles. The van der Waals surface area contributed by atoms with Crippen LogP contribution in [0.3, 0.4) is 0 Å². The average molecular weight is 254 g/mol. The molecule has 1 aromatic rings. The van der Waals surface area contributed by atoms with Crippen LogP contribution in [0.4, 0.5) is 17.1 Å². The number of amides is 1. The Morgan fingerprint density at radius 3 is 2.44 bits per heavy atom. The highest BCUT2D eigenvalue weighted by molar-refractivity contribution is 5.81. The standard InChI is InChI=1S/C9H10N4O5/c1-10-9(14)5-11-7-3-2-6(12(15)16)4-8(7)13(17)18/h2-4,11H,5H2,1H3,(H,10,14). The lowest BCUT2D eigenvalue weighted by atomic mass is 10.2. The summed E-state index contributed by atoms with van der Waals surface area (Å²) in [6.07, 6.45) is 0. The Hall–Kier alpha value is -2.71. The summed E-state index contributed by atoms with van der Waals surface area (Å²) in [4.78, 5) is 30.8. The van der Waals surface area contributed by atoms with Crippen LogP contribution in [0.15, 0.2) is 18.2 Å². The SMILES string of the molecule is CNC(=O)CNc1ccc([N+](=O)[O-])cc1[N+](=O)[O-]. The molecule has 0 unspecified atom stereocenters. The van der Waals surface area contributed by atoms with Gasteiger partial charge in [-0.25, -0.2) is 0 Å². The summed E-state index contributed by atoms with van der Waals surface area (Å²) in [5, 5.41) is 26.1. The minimum Gasteiger partial charge on any atom is -0.371 e. The first-order valence-electron chi connectivity index (χ1n) is 4.83. The summed E-state index contributed by atoms with van der Waals surface area (Å²) in [6.45, 7) is -0.158. The fraction of sp³-hybridized carbons (Fsp3) is 0.222. The Kier molecular flexibility index (Phi) is 4.13. The van der Waals surface area contributed by atoms with Crippen molar-refractivity contribution in [2.24, 2.45) is 0 Å². The van der Waals surface area contributed by atoms with Gasteiger partial charge in [0.25, 0.3) is 11.4 Å². The van der Waals surface area contributed by atoms with Crippen LogP contribution in [-0.4, -0.2) is 29.3 Å². The van der Waals surface area contributed by atoms with Crippen molar-refractivity contribution in [1.82, 2.24) is 5.32 Å². The number of nitro benzene ring substituents is 2. The van der Waals surface area contributed by atoms with Crippen LogP contribution in [0.2, 0.25) is 0 Å². The average Bonchev–Trinajstić information content (AvgIpc) is 2.35. The van der Waals surface area contributed by atoms with Gasteiger partial charge in [-0.05, 0) is 6.07 Å². The van der Waals surface area contributed by atoms with E-state index in [-0.39, 0.29) is 23.8 Å². The first-order chi connectivity index (χ1) is 8.45. The third-order valence-corrected chi connectivity index (χ3v) is 2.11.